The second-order valence-corrected chi connectivity index (χ2v) is 9.41. The topological polar surface area (TPSA) is 123 Å². The number of aromatic nitrogens is 2. The summed E-state index contributed by atoms with van der Waals surface area (Å²) in [5, 5.41) is 21.7. The molecule has 5 rings (SSSR count). The van der Waals surface area contributed by atoms with E-state index in [-0.39, 0.29) is 29.4 Å². The van der Waals surface area contributed by atoms with Crippen molar-refractivity contribution in [2.24, 2.45) is 0 Å². The third kappa shape index (κ3) is 4.62. The Kier molecular flexibility index (Phi) is 6.79. The van der Waals surface area contributed by atoms with E-state index in [1.807, 2.05) is 10.8 Å². The maximum absolute atomic E-state index is 13.3. The number of imidazole rings is 1. The number of likely N-dealkylation sites (tertiary alicyclic amines) is 1. The van der Waals surface area contributed by atoms with E-state index < -0.39 is 17.7 Å². The Labute approximate surface area is 220 Å². The number of aromatic hydroxyl groups is 1. The van der Waals surface area contributed by atoms with Gasteiger partial charge in [-0.05, 0) is 58.2 Å². The normalized spacial score (nSPS) is 18.3. The second-order valence-electron chi connectivity index (χ2n) is 8.56. The van der Waals surface area contributed by atoms with Crippen LogP contribution in [0.4, 0.5) is 0 Å². The van der Waals surface area contributed by atoms with Gasteiger partial charge in [0.05, 0.1) is 29.5 Å². The molecular formula is C26H24BrN3O7. The first-order valence-electron chi connectivity index (χ1n) is 11.6. The summed E-state index contributed by atoms with van der Waals surface area (Å²) >= 11 is 3.32. The number of fused-ring (bicyclic) bond motifs is 1. The number of carbonyl (C=O) groups excluding carboxylic acids is 2. The Morgan fingerprint density at radius 1 is 1.16 bits per heavy atom. The Hall–Kier alpha value is -3.99. The third-order valence-electron chi connectivity index (χ3n) is 6.32. The van der Waals surface area contributed by atoms with E-state index in [1.165, 1.54) is 12.0 Å². The lowest BCUT2D eigenvalue weighted by Gasteiger charge is -2.26. The lowest BCUT2D eigenvalue weighted by Crippen LogP contribution is -2.31. The molecule has 2 aliphatic heterocycles. The summed E-state index contributed by atoms with van der Waals surface area (Å²) in [6.45, 7) is 1.60. The number of phenolic OH excluding ortho intramolecular Hbond substituents is 1. The quantitative estimate of drug-likeness (QED) is 0.251. The lowest BCUT2D eigenvalue weighted by molar-refractivity contribution is -0.139. The number of ketones is 1. The van der Waals surface area contributed by atoms with Crippen LogP contribution in [-0.4, -0.2) is 63.2 Å². The fraction of sp³-hybridized carbons (Fsp3) is 0.269. The van der Waals surface area contributed by atoms with E-state index >= 15 is 0 Å². The molecule has 1 fully saturated rings. The molecule has 10 nitrogen and oxygen atoms in total. The number of Topliss-reactive ketones (excluding diaryl/α,β-unsaturated/α-hetero) is 1. The van der Waals surface area contributed by atoms with Crippen LogP contribution in [0.15, 0.2) is 59.1 Å². The van der Waals surface area contributed by atoms with Gasteiger partial charge in [-0.2, -0.15) is 0 Å². The van der Waals surface area contributed by atoms with Gasteiger partial charge in [0, 0.05) is 31.0 Å². The van der Waals surface area contributed by atoms with Gasteiger partial charge in [0.15, 0.2) is 23.0 Å². The molecule has 1 aromatic heterocycles. The van der Waals surface area contributed by atoms with Crippen LogP contribution in [-0.2, 0) is 16.1 Å². The molecule has 192 valence electrons. The van der Waals surface area contributed by atoms with Crippen LogP contribution in [0, 0.1) is 0 Å². The van der Waals surface area contributed by atoms with Crippen molar-refractivity contribution in [1.82, 2.24) is 14.5 Å². The molecule has 0 aliphatic carbocycles. The summed E-state index contributed by atoms with van der Waals surface area (Å²) in [5.41, 5.74) is 0.738. The number of aliphatic hydroxyl groups is 1. The average Bonchev–Trinajstić information content (AvgIpc) is 3.52. The van der Waals surface area contributed by atoms with Gasteiger partial charge < -0.3 is 33.9 Å². The molecule has 3 heterocycles. The molecule has 2 N–H and O–H groups in total. The van der Waals surface area contributed by atoms with Crippen LogP contribution in [0.25, 0.3) is 5.76 Å². The zero-order valence-corrected chi connectivity index (χ0v) is 21.5. The number of carbonyl (C=O) groups is 2. The Morgan fingerprint density at radius 3 is 2.68 bits per heavy atom. The van der Waals surface area contributed by atoms with Crippen molar-refractivity contribution < 1.29 is 34.0 Å². The largest absolute Gasteiger partial charge is 0.507 e. The van der Waals surface area contributed by atoms with Crippen molar-refractivity contribution in [1.29, 1.82) is 0 Å². The third-order valence-corrected chi connectivity index (χ3v) is 6.92. The molecule has 0 unspecified atom stereocenters. The number of hydrogen-bond donors (Lipinski definition) is 2. The summed E-state index contributed by atoms with van der Waals surface area (Å²) in [7, 11) is 1.41. The molecule has 0 bridgehead atoms. The molecule has 2 aliphatic rings. The first kappa shape index (κ1) is 24.7. The summed E-state index contributed by atoms with van der Waals surface area (Å²) in [4.78, 5) is 32.0. The van der Waals surface area contributed by atoms with Gasteiger partial charge in [-0.3, -0.25) is 9.59 Å². The minimum atomic E-state index is -0.915. The average molecular weight is 570 g/mol. The number of hydrogen-bond acceptors (Lipinski definition) is 8. The van der Waals surface area contributed by atoms with Crippen LogP contribution >= 0.6 is 15.9 Å². The van der Waals surface area contributed by atoms with Gasteiger partial charge in [-0.25, -0.2) is 4.98 Å². The van der Waals surface area contributed by atoms with Crippen LogP contribution in [0.5, 0.6) is 23.0 Å². The van der Waals surface area contributed by atoms with Crippen molar-refractivity contribution >= 4 is 33.4 Å². The van der Waals surface area contributed by atoms with E-state index in [1.54, 1.807) is 42.9 Å². The van der Waals surface area contributed by atoms with E-state index in [0.29, 0.717) is 53.3 Å². The SMILES string of the molecule is COc1cc([C@H]2C(=C(O)c3ccc4c(c3)OCCO4)C(=O)C(=O)N2CCCn2ccnc2)cc(Br)c1O. The summed E-state index contributed by atoms with van der Waals surface area (Å²) in [5.74, 6) is -0.841. The van der Waals surface area contributed by atoms with Crippen molar-refractivity contribution in [3.8, 4) is 23.0 Å². The van der Waals surface area contributed by atoms with Gasteiger partial charge >= 0.3 is 0 Å². The zero-order chi connectivity index (χ0) is 26.1. The van der Waals surface area contributed by atoms with Gasteiger partial charge in [0.2, 0.25) is 0 Å². The minimum absolute atomic E-state index is 0.0658. The monoisotopic (exact) mass is 569 g/mol. The summed E-state index contributed by atoms with van der Waals surface area (Å²) < 4.78 is 18.7. The molecule has 0 radical (unpaired) electrons. The summed E-state index contributed by atoms with van der Waals surface area (Å²) in [6.07, 6.45) is 5.70. The molecule has 0 spiro atoms. The van der Waals surface area contributed by atoms with Crippen LogP contribution in [0.1, 0.15) is 23.6 Å². The maximum Gasteiger partial charge on any atom is 0.295 e. The Bertz CT molecular complexity index is 1390. The molecule has 0 saturated carbocycles. The number of ether oxygens (including phenoxy) is 3. The highest BCUT2D eigenvalue weighted by Crippen LogP contribution is 2.45. The first-order chi connectivity index (χ1) is 17.9. The predicted octanol–water partition coefficient (Wildman–Crippen LogP) is 3.64. The maximum atomic E-state index is 13.3. The first-order valence-corrected chi connectivity index (χ1v) is 12.4. The van der Waals surface area contributed by atoms with E-state index in [2.05, 4.69) is 20.9 Å². The molecule has 1 saturated heterocycles. The zero-order valence-electron chi connectivity index (χ0n) is 19.9. The number of amides is 1. The highest BCUT2D eigenvalue weighted by Gasteiger charge is 2.46. The standard InChI is InChI=1S/C26H24BrN3O7/c1-35-20-13-16(11-17(27)24(20)32)22-21(23(31)15-3-4-18-19(12-15)37-10-9-36-18)25(33)26(34)30(22)7-2-6-29-8-5-28-14-29/h3-5,8,11-14,22,31-32H,2,6-7,9-10H2,1H3/t22-/m0/s1. The van der Waals surface area contributed by atoms with Gasteiger partial charge in [0.25, 0.3) is 11.7 Å². The Balaban J connectivity index is 1.59. The van der Waals surface area contributed by atoms with Crippen molar-refractivity contribution in [2.45, 2.75) is 19.0 Å². The Morgan fingerprint density at radius 2 is 1.95 bits per heavy atom. The fourth-order valence-electron chi connectivity index (χ4n) is 4.55. The number of aryl methyl sites for hydroxylation is 1. The highest BCUT2D eigenvalue weighted by atomic mass is 79.9. The van der Waals surface area contributed by atoms with Gasteiger partial charge in [-0.15, -0.1) is 0 Å². The van der Waals surface area contributed by atoms with Crippen molar-refractivity contribution in [3.05, 3.63) is 70.2 Å². The minimum Gasteiger partial charge on any atom is -0.507 e. The number of benzene rings is 2. The predicted molar refractivity (Wildman–Crippen MR) is 136 cm³/mol. The number of nitrogens with zero attached hydrogens (tertiary/aromatic N) is 3. The molecule has 2 aromatic carbocycles. The van der Waals surface area contributed by atoms with E-state index in [9.17, 15) is 19.8 Å². The smallest absolute Gasteiger partial charge is 0.295 e. The molecule has 1 amide bonds. The molecular weight excluding hydrogens is 546 g/mol. The fourth-order valence-corrected chi connectivity index (χ4v) is 5.01. The van der Waals surface area contributed by atoms with Crippen LogP contribution < -0.4 is 14.2 Å². The van der Waals surface area contributed by atoms with Crippen molar-refractivity contribution in [2.75, 3.05) is 26.9 Å². The molecule has 37 heavy (non-hydrogen) atoms. The number of aliphatic hydroxyl groups excluding tert-OH is 1. The molecule has 1 atom stereocenters. The van der Waals surface area contributed by atoms with Crippen molar-refractivity contribution in [3.63, 3.8) is 0 Å². The number of phenols is 1. The summed E-state index contributed by atoms with van der Waals surface area (Å²) in [6, 6.07) is 7.09. The van der Waals surface area contributed by atoms with E-state index in [4.69, 9.17) is 14.2 Å². The van der Waals surface area contributed by atoms with E-state index in [0.717, 1.165) is 0 Å². The lowest BCUT2D eigenvalue weighted by atomic mass is 9.94. The van der Waals surface area contributed by atoms with Crippen LogP contribution in [0.2, 0.25) is 0 Å². The molecule has 3 aromatic rings. The van der Waals surface area contributed by atoms with Gasteiger partial charge in [-0.1, -0.05) is 0 Å². The van der Waals surface area contributed by atoms with Gasteiger partial charge in [0.1, 0.15) is 19.0 Å². The number of halogens is 1. The highest BCUT2D eigenvalue weighted by molar-refractivity contribution is 9.10. The van der Waals surface area contributed by atoms with Crippen LogP contribution in [0.3, 0.4) is 0 Å². The number of methoxy groups -OCH3 is 1. The second kappa shape index (κ2) is 10.2. The molecule has 11 heteroatoms. The number of rotatable bonds is 7.